The molecule has 0 unspecified atom stereocenters. The first-order valence-electron chi connectivity index (χ1n) is 7.91. The van der Waals surface area contributed by atoms with Crippen molar-refractivity contribution in [2.24, 2.45) is 0 Å². The van der Waals surface area contributed by atoms with E-state index in [1.807, 2.05) is 24.3 Å². The zero-order chi connectivity index (χ0) is 17.9. The number of esters is 1. The number of thiophene rings is 1. The molecule has 26 heavy (non-hydrogen) atoms. The summed E-state index contributed by atoms with van der Waals surface area (Å²) in [6.07, 6.45) is 1.49. The highest BCUT2D eigenvalue weighted by Crippen LogP contribution is 2.37. The summed E-state index contributed by atoms with van der Waals surface area (Å²) in [5, 5.41) is 0.855. The van der Waals surface area contributed by atoms with E-state index in [1.54, 1.807) is 35.6 Å². The van der Waals surface area contributed by atoms with Crippen LogP contribution < -0.4 is 4.74 Å². The molecule has 5 nitrogen and oxygen atoms in total. The first-order valence-corrected chi connectivity index (χ1v) is 8.72. The average Bonchev–Trinajstić information content (AvgIpc) is 3.14. The monoisotopic (exact) mass is 362 g/mol. The van der Waals surface area contributed by atoms with Gasteiger partial charge in [-0.3, -0.25) is 0 Å². The third-order valence-electron chi connectivity index (χ3n) is 3.84. The molecular weight excluding hydrogens is 348 g/mol. The fraction of sp³-hybridized carbons (Fsp3) is 0.0500. The summed E-state index contributed by atoms with van der Waals surface area (Å²) >= 11 is 1.59. The van der Waals surface area contributed by atoms with E-state index in [0.717, 1.165) is 20.7 Å². The van der Waals surface area contributed by atoms with Crippen molar-refractivity contribution in [3.8, 4) is 22.1 Å². The molecule has 2 aromatic heterocycles. The molecule has 2 heterocycles. The van der Waals surface area contributed by atoms with Gasteiger partial charge in [-0.05, 0) is 35.9 Å². The van der Waals surface area contributed by atoms with Crippen molar-refractivity contribution in [1.82, 2.24) is 9.97 Å². The van der Waals surface area contributed by atoms with Crippen LogP contribution in [0.5, 0.6) is 11.6 Å². The quantitative estimate of drug-likeness (QED) is 0.481. The molecule has 0 N–H and O–H groups in total. The maximum absolute atomic E-state index is 11.5. The van der Waals surface area contributed by atoms with Crippen LogP contribution in [-0.4, -0.2) is 23.0 Å². The Balaban J connectivity index is 1.66. The number of hydrogen-bond donors (Lipinski definition) is 0. The van der Waals surface area contributed by atoms with E-state index >= 15 is 0 Å². The van der Waals surface area contributed by atoms with Crippen LogP contribution in [-0.2, 0) is 4.74 Å². The van der Waals surface area contributed by atoms with Crippen molar-refractivity contribution in [3.63, 3.8) is 0 Å². The maximum atomic E-state index is 11.5. The van der Waals surface area contributed by atoms with Crippen molar-refractivity contribution in [2.75, 3.05) is 7.11 Å². The van der Waals surface area contributed by atoms with E-state index in [4.69, 9.17) is 9.47 Å². The zero-order valence-corrected chi connectivity index (χ0v) is 14.7. The fourth-order valence-electron chi connectivity index (χ4n) is 2.55. The number of carbonyl (C=O) groups excluding carboxylic acids is 1. The molecule has 0 amide bonds. The first-order chi connectivity index (χ1) is 12.7. The Morgan fingerprint density at radius 2 is 1.77 bits per heavy atom. The molecule has 0 radical (unpaired) electrons. The predicted octanol–water partition coefficient (Wildman–Crippen LogP) is 4.94. The second kappa shape index (κ2) is 6.93. The number of hydrogen-bond acceptors (Lipinski definition) is 6. The van der Waals surface area contributed by atoms with Gasteiger partial charge in [0.05, 0.1) is 18.1 Å². The average molecular weight is 362 g/mol. The van der Waals surface area contributed by atoms with Crippen molar-refractivity contribution < 1.29 is 14.3 Å². The smallest absolute Gasteiger partial charge is 0.337 e. The van der Waals surface area contributed by atoms with Crippen LogP contribution in [0.1, 0.15) is 10.4 Å². The van der Waals surface area contributed by atoms with Crippen molar-refractivity contribution in [1.29, 1.82) is 0 Å². The lowest BCUT2D eigenvalue weighted by Crippen LogP contribution is -2.00. The number of ether oxygens (including phenoxy) is 2. The minimum atomic E-state index is -0.383. The Labute approximate surface area is 153 Å². The molecule has 0 aliphatic heterocycles. The molecule has 0 aliphatic rings. The van der Waals surface area contributed by atoms with E-state index in [0.29, 0.717) is 17.2 Å². The first kappa shape index (κ1) is 16.2. The van der Waals surface area contributed by atoms with Crippen LogP contribution in [0, 0.1) is 0 Å². The summed E-state index contributed by atoms with van der Waals surface area (Å²) in [7, 11) is 1.35. The third-order valence-corrected chi connectivity index (χ3v) is 4.93. The number of fused-ring (bicyclic) bond motifs is 1. The van der Waals surface area contributed by atoms with Crippen molar-refractivity contribution in [3.05, 3.63) is 72.6 Å². The summed E-state index contributed by atoms with van der Waals surface area (Å²) in [6.45, 7) is 0. The van der Waals surface area contributed by atoms with Crippen LogP contribution in [0.4, 0.5) is 0 Å². The van der Waals surface area contributed by atoms with Gasteiger partial charge in [-0.1, -0.05) is 30.3 Å². The topological polar surface area (TPSA) is 61.3 Å². The van der Waals surface area contributed by atoms with Crippen LogP contribution >= 0.6 is 11.3 Å². The van der Waals surface area contributed by atoms with Gasteiger partial charge < -0.3 is 9.47 Å². The summed E-state index contributed by atoms with van der Waals surface area (Å²) in [5.74, 6) is 0.690. The Bertz CT molecular complexity index is 1060. The van der Waals surface area contributed by atoms with Crippen molar-refractivity contribution in [2.45, 2.75) is 0 Å². The van der Waals surface area contributed by atoms with Crippen LogP contribution in [0.15, 0.2) is 67.0 Å². The fourth-order valence-corrected chi connectivity index (χ4v) is 3.54. The third kappa shape index (κ3) is 3.14. The maximum Gasteiger partial charge on any atom is 0.337 e. The Morgan fingerprint density at radius 1 is 1.00 bits per heavy atom. The summed E-state index contributed by atoms with van der Waals surface area (Å²) in [5.41, 5.74) is 1.60. The van der Waals surface area contributed by atoms with E-state index in [-0.39, 0.29) is 5.97 Å². The molecule has 128 valence electrons. The van der Waals surface area contributed by atoms with Gasteiger partial charge in [-0.2, -0.15) is 0 Å². The predicted molar refractivity (Wildman–Crippen MR) is 101 cm³/mol. The molecule has 0 saturated heterocycles. The molecule has 4 aromatic rings. The normalized spacial score (nSPS) is 10.7. The van der Waals surface area contributed by atoms with Gasteiger partial charge in [0, 0.05) is 4.88 Å². The molecule has 0 bridgehead atoms. The molecular formula is C20H14N2O3S. The SMILES string of the molecule is COC(=O)c1ccc(Oc2ncnc3sc(-c4ccccc4)cc23)cc1. The molecule has 0 fully saturated rings. The summed E-state index contributed by atoms with van der Waals surface area (Å²) in [4.78, 5) is 22.1. The van der Waals surface area contributed by atoms with E-state index < -0.39 is 0 Å². The number of benzene rings is 2. The van der Waals surface area contributed by atoms with Gasteiger partial charge in [0.1, 0.15) is 16.9 Å². The highest BCUT2D eigenvalue weighted by Gasteiger charge is 2.12. The minimum absolute atomic E-state index is 0.383. The summed E-state index contributed by atoms with van der Waals surface area (Å²) in [6, 6.07) is 18.9. The van der Waals surface area contributed by atoms with Gasteiger partial charge in [-0.15, -0.1) is 11.3 Å². The standard InChI is InChI=1S/C20H14N2O3S/c1-24-20(23)14-7-9-15(10-8-14)25-18-16-11-17(13-5-3-2-4-6-13)26-19(16)22-12-21-18/h2-12H,1H3. The molecule has 4 rings (SSSR count). The lowest BCUT2D eigenvalue weighted by Gasteiger charge is -2.06. The highest BCUT2D eigenvalue weighted by atomic mass is 32.1. The van der Waals surface area contributed by atoms with E-state index in [1.165, 1.54) is 13.4 Å². The van der Waals surface area contributed by atoms with E-state index in [9.17, 15) is 4.79 Å². The zero-order valence-electron chi connectivity index (χ0n) is 13.9. The molecule has 2 aromatic carbocycles. The van der Waals surface area contributed by atoms with Crippen LogP contribution in [0.3, 0.4) is 0 Å². The Kier molecular flexibility index (Phi) is 4.33. The number of carbonyl (C=O) groups is 1. The minimum Gasteiger partial charge on any atom is -0.465 e. The van der Waals surface area contributed by atoms with Gasteiger partial charge in [0.15, 0.2) is 0 Å². The highest BCUT2D eigenvalue weighted by molar-refractivity contribution is 7.21. The molecule has 0 saturated carbocycles. The molecule has 6 heteroatoms. The number of methoxy groups -OCH3 is 1. The van der Waals surface area contributed by atoms with Crippen LogP contribution in [0.25, 0.3) is 20.7 Å². The second-order valence-electron chi connectivity index (χ2n) is 5.49. The van der Waals surface area contributed by atoms with Gasteiger partial charge in [0.2, 0.25) is 5.88 Å². The summed E-state index contributed by atoms with van der Waals surface area (Å²) < 4.78 is 10.6. The lowest BCUT2D eigenvalue weighted by atomic mass is 10.2. The van der Waals surface area contributed by atoms with Crippen LogP contribution in [0.2, 0.25) is 0 Å². The largest absolute Gasteiger partial charge is 0.465 e. The Morgan fingerprint density at radius 3 is 2.50 bits per heavy atom. The van der Waals surface area contributed by atoms with Gasteiger partial charge in [-0.25, -0.2) is 14.8 Å². The van der Waals surface area contributed by atoms with Gasteiger partial charge >= 0.3 is 5.97 Å². The van der Waals surface area contributed by atoms with Gasteiger partial charge in [0.25, 0.3) is 0 Å². The molecule has 0 atom stereocenters. The second-order valence-corrected chi connectivity index (χ2v) is 6.52. The van der Waals surface area contributed by atoms with E-state index in [2.05, 4.69) is 22.1 Å². The lowest BCUT2D eigenvalue weighted by molar-refractivity contribution is 0.0600. The number of nitrogens with zero attached hydrogens (tertiary/aromatic N) is 2. The number of rotatable bonds is 4. The number of aromatic nitrogens is 2. The Hall–Kier alpha value is -3.25. The molecule has 0 spiro atoms. The van der Waals surface area contributed by atoms with Crippen molar-refractivity contribution >= 4 is 27.5 Å². The molecule has 0 aliphatic carbocycles.